The number of benzene rings is 2. The van der Waals surface area contributed by atoms with Crippen LogP contribution in [0.25, 0.3) is 0 Å². The maximum Gasteiger partial charge on any atom is 0.257 e. The Hall–Kier alpha value is -2.60. The second kappa shape index (κ2) is 9.55. The Kier molecular flexibility index (Phi) is 6.87. The lowest BCUT2D eigenvalue weighted by Gasteiger charge is -2.36. The average Bonchev–Trinajstić information content (AvgIpc) is 2.68. The molecule has 0 unspecified atom stereocenters. The van der Waals surface area contributed by atoms with Crippen LogP contribution in [-0.2, 0) is 4.79 Å². The molecule has 1 N–H and O–H groups in total. The van der Waals surface area contributed by atoms with Crippen LogP contribution < -0.4 is 15.0 Å². The summed E-state index contributed by atoms with van der Waals surface area (Å²) in [5, 5.41) is 2.92. The van der Waals surface area contributed by atoms with E-state index in [2.05, 4.69) is 15.1 Å². The first-order valence-corrected chi connectivity index (χ1v) is 9.71. The van der Waals surface area contributed by atoms with Crippen LogP contribution in [0.2, 0.25) is 0 Å². The molecule has 0 saturated carbocycles. The van der Waals surface area contributed by atoms with Crippen molar-refractivity contribution in [3.05, 3.63) is 59.4 Å². The minimum atomic E-state index is -0.209. The topological polar surface area (TPSA) is 44.8 Å². The van der Waals surface area contributed by atoms with Crippen LogP contribution >= 0.6 is 0 Å². The van der Waals surface area contributed by atoms with Crippen LogP contribution in [0.15, 0.2) is 42.5 Å². The van der Waals surface area contributed by atoms with E-state index in [0.717, 1.165) is 49.7 Å². The Labute approximate surface area is 166 Å². The first-order valence-electron chi connectivity index (χ1n) is 9.71. The van der Waals surface area contributed by atoms with E-state index < -0.39 is 0 Å². The molecule has 1 fully saturated rings. The molecule has 6 heteroatoms. The Bertz CT molecular complexity index is 787. The van der Waals surface area contributed by atoms with Crippen molar-refractivity contribution in [3.63, 3.8) is 0 Å². The van der Waals surface area contributed by atoms with Gasteiger partial charge in [0.15, 0.2) is 6.61 Å². The van der Waals surface area contributed by atoms with Gasteiger partial charge in [-0.25, -0.2) is 4.39 Å². The van der Waals surface area contributed by atoms with Crippen molar-refractivity contribution in [2.45, 2.75) is 13.8 Å². The molecule has 1 amide bonds. The molecule has 1 saturated heterocycles. The molecule has 0 spiro atoms. The Morgan fingerprint density at radius 3 is 2.46 bits per heavy atom. The predicted octanol–water partition coefficient (Wildman–Crippen LogP) is 2.76. The van der Waals surface area contributed by atoms with Crippen LogP contribution in [-0.4, -0.2) is 56.7 Å². The van der Waals surface area contributed by atoms with Gasteiger partial charge >= 0.3 is 0 Å². The zero-order valence-electron chi connectivity index (χ0n) is 16.6. The summed E-state index contributed by atoms with van der Waals surface area (Å²) in [7, 11) is 0. The van der Waals surface area contributed by atoms with E-state index >= 15 is 0 Å². The molecule has 150 valence electrons. The molecule has 0 aliphatic carbocycles. The number of amides is 1. The highest BCUT2D eigenvalue weighted by Gasteiger charge is 2.17. The van der Waals surface area contributed by atoms with Crippen molar-refractivity contribution in [1.82, 2.24) is 10.2 Å². The summed E-state index contributed by atoms with van der Waals surface area (Å²) >= 11 is 0. The molecule has 28 heavy (non-hydrogen) atoms. The minimum Gasteiger partial charge on any atom is -0.484 e. The molecule has 2 aromatic carbocycles. The number of hydrogen-bond donors (Lipinski definition) is 1. The Morgan fingerprint density at radius 2 is 1.79 bits per heavy atom. The summed E-state index contributed by atoms with van der Waals surface area (Å²) in [6, 6.07) is 12.6. The van der Waals surface area contributed by atoms with E-state index in [1.165, 1.54) is 17.7 Å². The highest BCUT2D eigenvalue weighted by molar-refractivity contribution is 5.77. The van der Waals surface area contributed by atoms with Gasteiger partial charge in [0.05, 0.1) is 0 Å². The van der Waals surface area contributed by atoms with Gasteiger partial charge in [0.1, 0.15) is 11.6 Å². The third-order valence-electron chi connectivity index (χ3n) is 5.00. The van der Waals surface area contributed by atoms with Crippen LogP contribution in [0.1, 0.15) is 11.1 Å². The summed E-state index contributed by atoms with van der Waals surface area (Å²) in [6.07, 6.45) is 0. The monoisotopic (exact) mass is 385 g/mol. The third-order valence-corrected chi connectivity index (χ3v) is 5.00. The van der Waals surface area contributed by atoms with Gasteiger partial charge in [0.25, 0.3) is 5.91 Å². The number of aryl methyl sites for hydroxylation is 2. The summed E-state index contributed by atoms with van der Waals surface area (Å²) in [6.45, 7) is 9.10. The zero-order chi connectivity index (χ0) is 19.9. The van der Waals surface area contributed by atoms with E-state index in [1.807, 2.05) is 44.2 Å². The molecule has 0 aromatic heterocycles. The highest BCUT2D eigenvalue weighted by Crippen LogP contribution is 2.18. The number of ether oxygens (including phenoxy) is 1. The fraction of sp³-hybridized carbons (Fsp3) is 0.409. The van der Waals surface area contributed by atoms with Gasteiger partial charge in [-0.05, 0) is 49.7 Å². The number of carbonyl (C=O) groups is 1. The van der Waals surface area contributed by atoms with Crippen molar-refractivity contribution in [2.24, 2.45) is 0 Å². The molecule has 2 aromatic rings. The van der Waals surface area contributed by atoms with Gasteiger partial charge in [-0.2, -0.15) is 0 Å². The summed E-state index contributed by atoms with van der Waals surface area (Å²) in [5.41, 5.74) is 3.26. The van der Waals surface area contributed by atoms with Crippen LogP contribution in [0.3, 0.4) is 0 Å². The quantitative estimate of drug-likeness (QED) is 0.796. The van der Waals surface area contributed by atoms with Crippen molar-refractivity contribution in [1.29, 1.82) is 0 Å². The first-order chi connectivity index (χ1) is 13.5. The number of hydrogen-bond acceptors (Lipinski definition) is 4. The van der Waals surface area contributed by atoms with Crippen LogP contribution in [0, 0.1) is 19.7 Å². The molecule has 3 rings (SSSR count). The molecule has 0 bridgehead atoms. The highest BCUT2D eigenvalue weighted by atomic mass is 19.1. The van der Waals surface area contributed by atoms with Gasteiger partial charge in [0.2, 0.25) is 0 Å². The molecule has 5 nitrogen and oxygen atoms in total. The van der Waals surface area contributed by atoms with Crippen molar-refractivity contribution >= 4 is 11.6 Å². The van der Waals surface area contributed by atoms with E-state index in [1.54, 1.807) is 0 Å². The van der Waals surface area contributed by atoms with Gasteiger partial charge in [-0.15, -0.1) is 0 Å². The van der Waals surface area contributed by atoms with Gasteiger partial charge in [-0.3, -0.25) is 9.69 Å². The number of nitrogens with one attached hydrogen (secondary N) is 1. The van der Waals surface area contributed by atoms with Gasteiger partial charge in [0, 0.05) is 45.0 Å². The van der Waals surface area contributed by atoms with Crippen molar-refractivity contribution < 1.29 is 13.9 Å². The average molecular weight is 385 g/mol. The fourth-order valence-electron chi connectivity index (χ4n) is 3.39. The third kappa shape index (κ3) is 5.70. The van der Waals surface area contributed by atoms with E-state index in [9.17, 15) is 9.18 Å². The molecular weight excluding hydrogens is 357 g/mol. The second-order valence-corrected chi connectivity index (χ2v) is 7.21. The summed E-state index contributed by atoms with van der Waals surface area (Å²) in [5.74, 6) is 0.433. The lowest BCUT2D eigenvalue weighted by Crippen LogP contribution is -2.48. The molecular formula is C22H28FN3O2. The fourth-order valence-corrected chi connectivity index (χ4v) is 3.39. The molecule has 1 aliphatic rings. The van der Waals surface area contributed by atoms with Crippen molar-refractivity contribution in [3.8, 4) is 5.75 Å². The maximum absolute atomic E-state index is 13.0. The van der Waals surface area contributed by atoms with Crippen LogP contribution in [0.5, 0.6) is 5.75 Å². The number of rotatable bonds is 7. The second-order valence-electron chi connectivity index (χ2n) is 7.21. The molecule has 0 radical (unpaired) electrons. The first kappa shape index (κ1) is 20.1. The number of anilines is 1. The number of carbonyl (C=O) groups excluding carboxylic acids is 1. The number of nitrogens with zero attached hydrogens (tertiary/aromatic N) is 2. The standard InChI is InChI=1S/C22H28FN3O2/c1-17-3-8-21(18(2)15-17)28-16-22(27)24-9-10-25-11-13-26(14-12-25)20-6-4-19(23)5-7-20/h3-8,15H,9-14,16H2,1-2H3,(H,24,27). The maximum atomic E-state index is 13.0. The zero-order valence-corrected chi connectivity index (χ0v) is 16.6. The Balaban J connectivity index is 1.33. The summed E-state index contributed by atoms with van der Waals surface area (Å²) in [4.78, 5) is 16.6. The lowest BCUT2D eigenvalue weighted by atomic mass is 10.1. The molecule has 0 atom stereocenters. The SMILES string of the molecule is Cc1ccc(OCC(=O)NCCN2CCN(c3ccc(F)cc3)CC2)c(C)c1. The largest absolute Gasteiger partial charge is 0.484 e. The van der Waals surface area contributed by atoms with E-state index in [-0.39, 0.29) is 18.3 Å². The number of halogens is 1. The minimum absolute atomic E-state index is 0.0300. The lowest BCUT2D eigenvalue weighted by molar-refractivity contribution is -0.123. The van der Waals surface area contributed by atoms with Gasteiger partial charge < -0.3 is 15.0 Å². The number of piperazine rings is 1. The van der Waals surface area contributed by atoms with Crippen molar-refractivity contribution in [2.75, 3.05) is 50.8 Å². The van der Waals surface area contributed by atoms with Crippen LogP contribution in [0.4, 0.5) is 10.1 Å². The van der Waals surface area contributed by atoms with Gasteiger partial charge in [-0.1, -0.05) is 17.7 Å². The molecule has 1 heterocycles. The predicted molar refractivity (Wildman–Crippen MR) is 109 cm³/mol. The normalized spacial score (nSPS) is 14.8. The van der Waals surface area contributed by atoms with E-state index in [4.69, 9.17) is 4.74 Å². The smallest absolute Gasteiger partial charge is 0.257 e. The van der Waals surface area contributed by atoms with E-state index in [0.29, 0.717) is 6.54 Å². The molecule has 1 aliphatic heterocycles. The Morgan fingerprint density at radius 1 is 1.07 bits per heavy atom. The summed E-state index contributed by atoms with van der Waals surface area (Å²) < 4.78 is 18.6.